The maximum Gasteiger partial charge on any atom is 0.434 e. The van der Waals surface area contributed by atoms with E-state index in [-0.39, 0.29) is 6.92 Å². The summed E-state index contributed by atoms with van der Waals surface area (Å²) < 4.78 is 21.3. The molecule has 0 aliphatic carbocycles. The summed E-state index contributed by atoms with van der Waals surface area (Å²) in [5.74, 6) is 2.46. The van der Waals surface area contributed by atoms with Crippen LogP contribution >= 0.6 is 0 Å². The van der Waals surface area contributed by atoms with E-state index in [4.69, 9.17) is 9.39 Å². The van der Waals surface area contributed by atoms with E-state index in [9.17, 15) is 0 Å². The Labute approximate surface area is 379 Å². The first-order valence-electron chi connectivity index (χ1n) is 22.6. The minimum Gasteiger partial charge on any atom is -0.551 e. The number of aromatic nitrogens is 3. The van der Waals surface area contributed by atoms with E-state index in [2.05, 4.69) is 232 Å². The molecule has 66 heavy (non-hydrogen) atoms. The number of hydrogen-bond acceptors (Lipinski definition) is 2. The molecule has 10 aromatic carbocycles. The van der Waals surface area contributed by atoms with E-state index < -0.39 is 0 Å². The van der Waals surface area contributed by atoms with Gasteiger partial charge in [0.25, 0.3) is 0 Å². The zero-order valence-corrected chi connectivity index (χ0v) is 35.5. The topological polar surface area (TPSA) is 33.2 Å². The van der Waals surface area contributed by atoms with Gasteiger partial charge >= 0.3 is 6.92 Å². The van der Waals surface area contributed by atoms with Crippen molar-refractivity contribution in [1.29, 1.82) is 0 Å². The minimum absolute atomic E-state index is 0.366. The van der Waals surface area contributed by atoms with Gasteiger partial charge in [-0.2, -0.15) is 0 Å². The zero-order valence-electron chi connectivity index (χ0n) is 35.5. The summed E-state index contributed by atoms with van der Waals surface area (Å²) in [5, 5.41) is 7.38. The van der Waals surface area contributed by atoms with Gasteiger partial charge in [0.15, 0.2) is 0 Å². The van der Waals surface area contributed by atoms with E-state index in [1.165, 1.54) is 54.4 Å². The number of fused-ring (bicyclic) bond motifs is 13. The molecule has 0 saturated carbocycles. The molecule has 0 radical (unpaired) electrons. The lowest BCUT2D eigenvalue weighted by Crippen LogP contribution is -2.53. The van der Waals surface area contributed by atoms with Crippen LogP contribution in [0.2, 0.25) is 0 Å². The first kappa shape index (κ1) is 35.7. The summed E-state index contributed by atoms with van der Waals surface area (Å²) in [5.41, 5.74) is 16.8. The van der Waals surface area contributed by atoms with Crippen LogP contribution < -0.4 is 20.3 Å². The van der Waals surface area contributed by atoms with Gasteiger partial charge in [0, 0.05) is 66.1 Å². The number of hydrogen-bond donors (Lipinski definition) is 0. The van der Waals surface area contributed by atoms with Crippen LogP contribution in [-0.4, -0.2) is 20.6 Å². The van der Waals surface area contributed by atoms with E-state index in [1.54, 1.807) is 0 Å². The molecule has 5 nitrogen and oxygen atoms in total. The maximum atomic E-state index is 7.06. The van der Waals surface area contributed by atoms with Crippen molar-refractivity contribution in [2.24, 2.45) is 0 Å². The van der Waals surface area contributed by atoms with E-state index in [0.29, 0.717) is 0 Å². The molecule has 13 aromatic rings. The molecule has 0 unspecified atom stereocenters. The van der Waals surface area contributed by atoms with E-state index in [0.717, 1.165) is 78.5 Å². The second-order valence-corrected chi connectivity index (χ2v) is 17.6. The molecular formula is C60H36BN3O2. The summed E-state index contributed by atoms with van der Waals surface area (Å²) in [4.78, 5) is 0. The van der Waals surface area contributed by atoms with Crippen LogP contribution in [0.1, 0.15) is 0 Å². The highest BCUT2D eigenvalue weighted by molar-refractivity contribution is 6.84. The van der Waals surface area contributed by atoms with Crippen LogP contribution in [0.4, 0.5) is 0 Å². The van der Waals surface area contributed by atoms with Gasteiger partial charge in [0.05, 0.1) is 44.5 Å². The van der Waals surface area contributed by atoms with Crippen LogP contribution in [0.25, 0.3) is 105 Å². The van der Waals surface area contributed by atoms with Crippen molar-refractivity contribution < 1.29 is 9.39 Å². The lowest BCUT2D eigenvalue weighted by Gasteiger charge is -2.33. The first-order valence-corrected chi connectivity index (χ1v) is 22.6. The molecule has 0 atom stereocenters. The van der Waals surface area contributed by atoms with Crippen molar-refractivity contribution in [3.05, 3.63) is 218 Å². The molecule has 0 spiro atoms. The summed E-state index contributed by atoms with van der Waals surface area (Å²) >= 11 is 0. The number of nitrogens with zero attached hydrogens (tertiary/aromatic N) is 3. The van der Waals surface area contributed by atoms with Crippen LogP contribution in [0.5, 0.6) is 17.2 Å². The second kappa shape index (κ2) is 13.4. The molecule has 0 bridgehead atoms. The van der Waals surface area contributed by atoms with Crippen molar-refractivity contribution in [2.45, 2.75) is 0 Å². The summed E-state index contributed by atoms with van der Waals surface area (Å²) in [6.45, 7) is -0.366. The highest BCUT2D eigenvalue weighted by atomic mass is 16.5. The molecule has 3 aromatic heterocycles. The predicted molar refractivity (Wildman–Crippen MR) is 272 cm³/mol. The summed E-state index contributed by atoms with van der Waals surface area (Å²) in [6.07, 6.45) is 0. The van der Waals surface area contributed by atoms with Crippen molar-refractivity contribution in [3.8, 4) is 56.6 Å². The summed E-state index contributed by atoms with van der Waals surface area (Å²) in [6, 6.07) is 78.7. The Balaban J connectivity index is 0.901. The Kier molecular flexibility index (Phi) is 7.24. The van der Waals surface area contributed by atoms with Crippen molar-refractivity contribution >= 4 is 83.3 Å². The van der Waals surface area contributed by atoms with Gasteiger partial charge in [-0.05, 0) is 83.9 Å². The Morgan fingerprint density at radius 2 is 0.833 bits per heavy atom. The number of ether oxygens (including phenoxy) is 1. The number of rotatable bonds is 4. The van der Waals surface area contributed by atoms with Gasteiger partial charge in [0.2, 0.25) is 0 Å². The SMILES string of the molecule is c1ccc2c(c1)OB1c3cc(-c4ccccc4-n4c5ccccc5c5ccccc54)ccc3Oc3cc(-n4c5ccccc5c5cc(-n6c7ccccc7c7ccccc76)ccc54)cc-2c31. The molecule has 306 valence electrons. The third-order valence-corrected chi connectivity index (χ3v) is 14.1. The molecule has 0 fully saturated rings. The molecule has 5 heterocycles. The molecule has 2 aliphatic rings. The smallest absolute Gasteiger partial charge is 0.434 e. The van der Waals surface area contributed by atoms with Gasteiger partial charge in [-0.3, -0.25) is 0 Å². The molecular weight excluding hydrogens is 805 g/mol. The average Bonchev–Trinajstić information content (AvgIpc) is 4.02. The van der Waals surface area contributed by atoms with Crippen LogP contribution in [0, 0.1) is 0 Å². The molecule has 0 N–H and O–H groups in total. The fourth-order valence-corrected chi connectivity index (χ4v) is 11.3. The maximum absolute atomic E-state index is 7.06. The molecule has 0 amide bonds. The third kappa shape index (κ3) is 4.90. The predicted octanol–water partition coefficient (Wildman–Crippen LogP) is 13.9. The molecule has 0 saturated heterocycles. The number of benzene rings is 10. The van der Waals surface area contributed by atoms with E-state index in [1.807, 2.05) is 0 Å². The van der Waals surface area contributed by atoms with Crippen molar-refractivity contribution in [2.75, 3.05) is 0 Å². The molecule has 2 aliphatic heterocycles. The van der Waals surface area contributed by atoms with E-state index >= 15 is 0 Å². The van der Waals surface area contributed by atoms with Crippen LogP contribution in [-0.2, 0) is 0 Å². The monoisotopic (exact) mass is 841 g/mol. The highest BCUT2D eigenvalue weighted by Gasteiger charge is 2.41. The largest absolute Gasteiger partial charge is 0.551 e. The zero-order chi connectivity index (χ0) is 43.0. The third-order valence-electron chi connectivity index (χ3n) is 14.1. The standard InChI is InChI=1S/C60H36BN3O2/c1-8-22-50(64-54-26-12-4-18-43(54)44-19-5-13-27-55(44)64)40(15-1)37-29-32-58-49(33-37)61-60-48(46-21-7-14-28-57(46)66-61)35-39(36-59(60)65-58)63-53-25-11-6-20-45(53)47-34-38(30-31-56(47)63)62-51-23-9-2-16-41(51)42-17-3-10-24-52(42)62/h1-36H. The Morgan fingerprint density at radius 3 is 1.48 bits per heavy atom. The lowest BCUT2D eigenvalue weighted by molar-refractivity contribution is 0.479. The minimum atomic E-state index is -0.366. The van der Waals surface area contributed by atoms with Crippen LogP contribution in [0.3, 0.4) is 0 Å². The highest BCUT2D eigenvalue weighted by Crippen LogP contribution is 2.44. The molecule has 15 rings (SSSR count). The van der Waals surface area contributed by atoms with Crippen molar-refractivity contribution in [3.63, 3.8) is 0 Å². The Bertz CT molecular complexity index is 4100. The van der Waals surface area contributed by atoms with Gasteiger partial charge in [-0.1, -0.05) is 140 Å². The Morgan fingerprint density at radius 1 is 0.318 bits per heavy atom. The lowest BCUT2D eigenvalue weighted by atomic mass is 9.50. The molecule has 6 heteroatoms. The van der Waals surface area contributed by atoms with Gasteiger partial charge in [0.1, 0.15) is 17.2 Å². The van der Waals surface area contributed by atoms with Gasteiger partial charge in [-0.25, -0.2) is 0 Å². The first-order chi connectivity index (χ1) is 32.7. The van der Waals surface area contributed by atoms with Crippen molar-refractivity contribution in [1.82, 2.24) is 13.7 Å². The van der Waals surface area contributed by atoms with Gasteiger partial charge in [-0.15, -0.1) is 0 Å². The Hall–Kier alpha value is -8.74. The quantitative estimate of drug-likeness (QED) is 0.165. The van der Waals surface area contributed by atoms with Crippen LogP contribution in [0.15, 0.2) is 218 Å². The normalized spacial score (nSPS) is 12.8. The number of para-hydroxylation sites is 7. The fraction of sp³-hybridized carbons (Fsp3) is 0. The average molecular weight is 842 g/mol. The second-order valence-electron chi connectivity index (χ2n) is 17.6. The fourth-order valence-electron chi connectivity index (χ4n) is 11.3. The summed E-state index contributed by atoms with van der Waals surface area (Å²) in [7, 11) is 0. The van der Waals surface area contributed by atoms with Gasteiger partial charge < -0.3 is 23.1 Å².